The summed E-state index contributed by atoms with van der Waals surface area (Å²) in [5.74, 6) is 0.641. The normalized spacial score (nSPS) is 14.4. The lowest BCUT2D eigenvalue weighted by Gasteiger charge is -2.15. The molecule has 0 fully saturated rings. The Morgan fingerprint density at radius 3 is 2.58 bits per heavy atom. The van der Waals surface area contributed by atoms with Crippen molar-refractivity contribution < 1.29 is 14.6 Å². The fraction of sp³-hybridized carbons (Fsp3) is 0.600. The Balaban J connectivity index is 2.29. The number of thioether (sulfide) groups is 1. The molecular weight excluding hydrogens is 260 g/mol. The summed E-state index contributed by atoms with van der Waals surface area (Å²) in [5.41, 5.74) is 2.58. The molecule has 0 heterocycles. The summed E-state index contributed by atoms with van der Waals surface area (Å²) in [6.07, 6.45) is -0.433. The van der Waals surface area contributed by atoms with E-state index in [4.69, 9.17) is 9.47 Å². The number of aliphatic hydroxyl groups excluding tert-OH is 1. The number of ether oxygens (including phenoxy) is 2. The van der Waals surface area contributed by atoms with E-state index in [9.17, 15) is 5.11 Å². The Morgan fingerprint density at radius 1 is 1.21 bits per heavy atom. The van der Waals surface area contributed by atoms with E-state index in [0.29, 0.717) is 19.0 Å². The third-order valence-corrected chi connectivity index (χ3v) is 4.03. The Labute approximate surface area is 120 Å². The van der Waals surface area contributed by atoms with Crippen molar-refractivity contribution in [2.45, 2.75) is 37.9 Å². The smallest absolute Gasteiger partial charge is 0.0867 e. The molecule has 4 heteroatoms. The molecule has 1 N–H and O–H groups in total. The molecule has 19 heavy (non-hydrogen) atoms. The zero-order valence-corrected chi connectivity index (χ0v) is 13.0. The third-order valence-electron chi connectivity index (χ3n) is 2.90. The van der Waals surface area contributed by atoms with Gasteiger partial charge in [0.25, 0.3) is 0 Å². The van der Waals surface area contributed by atoms with Crippen LogP contribution >= 0.6 is 11.8 Å². The van der Waals surface area contributed by atoms with Crippen LogP contribution in [0.5, 0.6) is 0 Å². The lowest BCUT2D eigenvalue weighted by molar-refractivity contribution is -0.0257. The summed E-state index contributed by atoms with van der Waals surface area (Å²) in [5, 5.41) is 9.86. The highest BCUT2D eigenvalue weighted by Crippen LogP contribution is 2.21. The molecule has 0 spiro atoms. The van der Waals surface area contributed by atoms with Crippen LogP contribution in [0.15, 0.2) is 23.1 Å². The molecule has 0 aliphatic rings. The summed E-state index contributed by atoms with van der Waals surface area (Å²) in [4.78, 5) is 1.19. The minimum atomic E-state index is -0.453. The van der Waals surface area contributed by atoms with Gasteiger partial charge < -0.3 is 14.6 Å². The van der Waals surface area contributed by atoms with Crippen LogP contribution in [0.1, 0.15) is 18.1 Å². The average Bonchev–Trinajstić information content (AvgIpc) is 2.38. The molecule has 0 saturated carbocycles. The van der Waals surface area contributed by atoms with Crippen LogP contribution in [-0.2, 0) is 9.47 Å². The van der Waals surface area contributed by atoms with Crippen LogP contribution in [0.4, 0.5) is 0 Å². The first-order valence-electron chi connectivity index (χ1n) is 6.51. The first-order valence-corrected chi connectivity index (χ1v) is 7.50. The van der Waals surface area contributed by atoms with Crippen LogP contribution in [0, 0.1) is 13.8 Å². The topological polar surface area (TPSA) is 38.7 Å². The Morgan fingerprint density at radius 2 is 1.95 bits per heavy atom. The van der Waals surface area contributed by atoms with Crippen LogP contribution in [-0.4, -0.2) is 43.4 Å². The summed E-state index contributed by atoms with van der Waals surface area (Å²) in [6, 6.07) is 6.36. The zero-order valence-electron chi connectivity index (χ0n) is 12.2. The van der Waals surface area contributed by atoms with E-state index in [1.807, 2.05) is 6.92 Å². The van der Waals surface area contributed by atoms with Crippen LogP contribution < -0.4 is 0 Å². The number of hydrogen-bond donors (Lipinski definition) is 1. The predicted octanol–water partition coefficient (Wildman–Crippen LogP) is 2.81. The number of rotatable bonds is 8. The maximum atomic E-state index is 9.86. The highest BCUT2D eigenvalue weighted by molar-refractivity contribution is 7.99. The molecule has 108 valence electrons. The van der Waals surface area contributed by atoms with E-state index in [-0.39, 0.29) is 6.10 Å². The number of aliphatic hydroxyl groups is 1. The van der Waals surface area contributed by atoms with E-state index in [2.05, 4.69) is 32.0 Å². The molecule has 3 nitrogen and oxygen atoms in total. The molecule has 0 aliphatic heterocycles. The number of benzene rings is 1. The van der Waals surface area contributed by atoms with Gasteiger partial charge >= 0.3 is 0 Å². The quantitative estimate of drug-likeness (QED) is 0.745. The SMILES string of the molecule is COCC(C)OCC(O)CSc1ccc(C)c(C)c1. The van der Waals surface area contributed by atoms with Gasteiger partial charge in [0, 0.05) is 17.8 Å². The summed E-state index contributed by atoms with van der Waals surface area (Å²) in [7, 11) is 1.64. The number of methoxy groups -OCH3 is 1. The van der Waals surface area contributed by atoms with Crippen molar-refractivity contribution >= 4 is 11.8 Å². The van der Waals surface area contributed by atoms with Crippen molar-refractivity contribution in [1.82, 2.24) is 0 Å². The number of hydrogen-bond acceptors (Lipinski definition) is 4. The molecule has 1 rings (SSSR count). The molecule has 2 unspecified atom stereocenters. The first-order chi connectivity index (χ1) is 9.02. The van der Waals surface area contributed by atoms with E-state index in [1.165, 1.54) is 16.0 Å². The molecule has 1 aromatic rings. The fourth-order valence-corrected chi connectivity index (χ4v) is 2.51. The maximum absolute atomic E-state index is 9.86. The maximum Gasteiger partial charge on any atom is 0.0867 e. The lowest BCUT2D eigenvalue weighted by Crippen LogP contribution is -2.24. The molecule has 0 radical (unpaired) electrons. The second kappa shape index (κ2) is 8.59. The van der Waals surface area contributed by atoms with Crippen molar-refractivity contribution in [1.29, 1.82) is 0 Å². The van der Waals surface area contributed by atoms with Crippen LogP contribution in [0.3, 0.4) is 0 Å². The highest BCUT2D eigenvalue weighted by Gasteiger charge is 2.09. The first kappa shape index (κ1) is 16.5. The molecule has 0 saturated heterocycles. The Bertz CT molecular complexity index is 382. The summed E-state index contributed by atoms with van der Waals surface area (Å²) >= 11 is 1.66. The van der Waals surface area contributed by atoms with Crippen molar-refractivity contribution in [3.05, 3.63) is 29.3 Å². The minimum absolute atomic E-state index is 0.0197. The lowest BCUT2D eigenvalue weighted by atomic mass is 10.1. The van der Waals surface area contributed by atoms with Gasteiger partial charge in [-0.25, -0.2) is 0 Å². The van der Waals surface area contributed by atoms with Gasteiger partial charge in [-0.1, -0.05) is 6.07 Å². The van der Waals surface area contributed by atoms with E-state index >= 15 is 0 Å². The van der Waals surface area contributed by atoms with Crippen molar-refractivity contribution in [3.8, 4) is 0 Å². The monoisotopic (exact) mass is 284 g/mol. The van der Waals surface area contributed by atoms with E-state index in [1.54, 1.807) is 18.9 Å². The Kier molecular flexibility index (Phi) is 7.46. The molecular formula is C15H24O3S. The molecule has 0 bridgehead atoms. The summed E-state index contributed by atoms with van der Waals surface area (Å²) < 4.78 is 10.5. The Hall–Kier alpha value is -0.550. The number of aryl methyl sites for hydroxylation is 2. The fourth-order valence-electron chi connectivity index (χ4n) is 1.60. The molecule has 2 atom stereocenters. The second-order valence-electron chi connectivity index (χ2n) is 4.81. The summed E-state index contributed by atoms with van der Waals surface area (Å²) in [6.45, 7) is 7.04. The van der Waals surface area contributed by atoms with Gasteiger partial charge in [0.15, 0.2) is 0 Å². The van der Waals surface area contributed by atoms with Crippen molar-refractivity contribution in [2.75, 3.05) is 26.1 Å². The van der Waals surface area contributed by atoms with Gasteiger partial charge in [0.05, 0.1) is 25.4 Å². The van der Waals surface area contributed by atoms with Gasteiger partial charge in [-0.15, -0.1) is 11.8 Å². The standard InChI is InChI=1S/C15H24O3S/c1-11-5-6-15(7-12(11)2)19-10-14(16)9-18-13(3)8-17-4/h5-7,13-14,16H,8-10H2,1-4H3. The van der Waals surface area contributed by atoms with Crippen molar-refractivity contribution in [3.63, 3.8) is 0 Å². The van der Waals surface area contributed by atoms with Gasteiger partial charge in [-0.3, -0.25) is 0 Å². The highest BCUT2D eigenvalue weighted by atomic mass is 32.2. The second-order valence-corrected chi connectivity index (χ2v) is 5.90. The van der Waals surface area contributed by atoms with Crippen LogP contribution in [0.25, 0.3) is 0 Å². The predicted molar refractivity (Wildman–Crippen MR) is 79.9 cm³/mol. The van der Waals surface area contributed by atoms with Gasteiger partial charge in [0.1, 0.15) is 0 Å². The molecule has 0 aromatic heterocycles. The minimum Gasteiger partial charge on any atom is -0.390 e. The van der Waals surface area contributed by atoms with E-state index in [0.717, 1.165) is 0 Å². The molecule has 0 amide bonds. The van der Waals surface area contributed by atoms with Gasteiger partial charge in [-0.05, 0) is 44.0 Å². The van der Waals surface area contributed by atoms with Gasteiger partial charge in [0.2, 0.25) is 0 Å². The van der Waals surface area contributed by atoms with Crippen LogP contribution in [0.2, 0.25) is 0 Å². The molecule has 0 aliphatic carbocycles. The zero-order chi connectivity index (χ0) is 14.3. The van der Waals surface area contributed by atoms with Gasteiger partial charge in [-0.2, -0.15) is 0 Å². The van der Waals surface area contributed by atoms with E-state index < -0.39 is 6.10 Å². The average molecular weight is 284 g/mol. The largest absolute Gasteiger partial charge is 0.390 e. The molecule has 1 aromatic carbocycles. The third kappa shape index (κ3) is 6.43. The van der Waals surface area contributed by atoms with Crippen molar-refractivity contribution in [2.24, 2.45) is 0 Å².